The smallest absolute Gasteiger partial charge is 0.182 e. The van der Waals surface area contributed by atoms with Crippen LogP contribution >= 0.6 is 0 Å². The topological polar surface area (TPSA) is 120 Å². The molecule has 2 heterocycles. The molecule has 0 unspecified atom stereocenters. The zero-order valence-corrected chi connectivity index (χ0v) is 14.8. The lowest BCUT2D eigenvalue weighted by Gasteiger charge is -2.43. The van der Waals surface area contributed by atoms with E-state index in [1.807, 2.05) is 37.3 Å². The Balaban J connectivity index is 1.94. The number of tetrazole rings is 1. The highest BCUT2D eigenvalue weighted by Gasteiger charge is 2.47. The molecule has 10 nitrogen and oxygen atoms in total. The summed E-state index contributed by atoms with van der Waals surface area (Å²) in [6.45, 7) is 3.96. The Bertz CT molecular complexity index is 762. The van der Waals surface area contributed by atoms with Gasteiger partial charge < -0.3 is 14.2 Å². The highest BCUT2D eigenvalue weighted by Crippen LogP contribution is 2.34. The highest BCUT2D eigenvalue weighted by atomic mass is 16.7. The monoisotopic (exact) mass is 359 g/mol. The van der Waals surface area contributed by atoms with Crippen LogP contribution in [0.2, 0.25) is 0 Å². The third-order valence-corrected chi connectivity index (χ3v) is 4.42. The van der Waals surface area contributed by atoms with E-state index >= 15 is 0 Å². The minimum absolute atomic E-state index is 0.351. The Morgan fingerprint density at radius 3 is 2.73 bits per heavy atom. The first-order chi connectivity index (χ1) is 12.7. The van der Waals surface area contributed by atoms with Gasteiger partial charge in [-0.25, -0.2) is 4.68 Å². The fourth-order valence-electron chi connectivity index (χ4n) is 3.14. The van der Waals surface area contributed by atoms with Gasteiger partial charge in [0.15, 0.2) is 6.29 Å². The van der Waals surface area contributed by atoms with E-state index in [4.69, 9.17) is 19.7 Å². The largest absolute Gasteiger partial charge is 0.371 e. The molecule has 1 saturated heterocycles. The third kappa shape index (κ3) is 3.68. The van der Waals surface area contributed by atoms with Crippen molar-refractivity contribution in [1.29, 1.82) is 0 Å². The summed E-state index contributed by atoms with van der Waals surface area (Å²) in [5.41, 5.74) is 10.0. The van der Waals surface area contributed by atoms with E-state index in [1.54, 1.807) is 18.7 Å². The zero-order chi connectivity index (χ0) is 18.5. The van der Waals surface area contributed by atoms with Crippen molar-refractivity contribution in [2.75, 3.05) is 7.11 Å². The lowest BCUT2D eigenvalue weighted by atomic mass is 9.95. The summed E-state index contributed by atoms with van der Waals surface area (Å²) in [6, 6.07) is 8.71. The fraction of sp³-hybridized carbons (Fsp3) is 0.562. The van der Waals surface area contributed by atoms with E-state index in [0.29, 0.717) is 12.4 Å². The zero-order valence-electron chi connectivity index (χ0n) is 14.8. The Hall–Kier alpha value is -2.52. The molecule has 10 heteroatoms. The summed E-state index contributed by atoms with van der Waals surface area (Å²) in [4.78, 5) is 2.97. The number of azide groups is 1. The summed E-state index contributed by atoms with van der Waals surface area (Å²) in [7, 11) is 1.55. The molecule has 0 amide bonds. The van der Waals surface area contributed by atoms with Crippen molar-refractivity contribution in [2.24, 2.45) is 5.11 Å². The SMILES string of the molecule is CO[C@@H]1O[C@H](C)[C@H](N=[N+]=[N-])[C@H](OCc2ccccc2)[C@H]1n1nnnc1C. The molecule has 1 fully saturated rings. The maximum Gasteiger partial charge on any atom is 0.182 e. The van der Waals surface area contributed by atoms with Crippen LogP contribution in [0.5, 0.6) is 0 Å². The quantitative estimate of drug-likeness (QED) is 0.443. The van der Waals surface area contributed by atoms with Gasteiger partial charge in [0.2, 0.25) is 0 Å². The molecule has 5 atom stereocenters. The van der Waals surface area contributed by atoms with E-state index in [2.05, 4.69) is 25.6 Å². The van der Waals surface area contributed by atoms with Crippen molar-refractivity contribution in [3.63, 3.8) is 0 Å². The van der Waals surface area contributed by atoms with Gasteiger partial charge in [-0.3, -0.25) is 0 Å². The Kier molecular flexibility index (Phi) is 5.79. The highest BCUT2D eigenvalue weighted by molar-refractivity contribution is 5.13. The van der Waals surface area contributed by atoms with Crippen LogP contribution in [0.3, 0.4) is 0 Å². The molecule has 0 saturated carbocycles. The van der Waals surface area contributed by atoms with E-state index < -0.39 is 24.5 Å². The van der Waals surface area contributed by atoms with Crippen LogP contribution in [-0.2, 0) is 20.8 Å². The molecule has 1 aliphatic heterocycles. The second-order valence-electron chi connectivity index (χ2n) is 6.06. The maximum atomic E-state index is 9.00. The maximum absolute atomic E-state index is 9.00. The number of hydrogen-bond donors (Lipinski definition) is 0. The molecule has 3 rings (SSSR count). The Morgan fingerprint density at radius 1 is 1.35 bits per heavy atom. The molecule has 0 bridgehead atoms. The minimum Gasteiger partial charge on any atom is -0.371 e. The molecule has 2 aromatic rings. The Labute approximate surface area is 150 Å². The first-order valence-corrected chi connectivity index (χ1v) is 8.28. The predicted octanol–water partition coefficient (Wildman–Crippen LogP) is 2.18. The summed E-state index contributed by atoms with van der Waals surface area (Å²) in [5, 5.41) is 15.6. The first-order valence-electron chi connectivity index (χ1n) is 8.28. The number of rotatable bonds is 6. The lowest BCUT2D eigenvalue weighted by Crippen LogP contribution is -2.55. The van der Waals surface area contributed by atoms with Gasteiger partial charge in [-0.1, -0.05) is 35.4 Å². The average molecular weight is 359 g/mol. The van der Waals surface area contributed by atoms with Crippen molar-refractivity contribution in [2.45, 2.75) is 51.0 Å². The molecule has 138 valence electrons. The van der Waals surface area contributed by atoms with Crippen LogP contribution in [0.15, 0.2) is 35.4 Å². The fourth-order valence-corrected chi connectivity index (χ4v) is 3.14. The molecule has 1 aromatic heterocycles. The second kappa shape index (κ2) is 8.24. The van der Waals surface area contributed by atoms with Crippen LogP contribution in [0.1, 0.15) is 24.4 Å². The van der Waals surface area contributed by atoms with Gasteiger partial charge in [0.05, 0.1) is 24.9 Å². The molecule has 1 aromatic carbocycles. The van der Waals surface area contributed by atoms with E-state index in [9.17, 15) is 0 Å². The number of nitrogens with zero attached hydrogens (tertiary/aromatic N) is 7. The number of aryl methyl sites for hydroxylation is 1. The van der Waals surface area contributed by atoms with Crippen molar-refractivity contribution < 1.29 is 14.2 Å². The van der Waals surface area contributed by atoms with Crippen LogP contribution in [-0.4, -0.2) is 51.9 Å². The normalized spacial score (nSPS) is 28.5. The molecular formula is C16H21N7O3. The third-order valence-electron chi connectivity index (χ3n) is 4.42. The van der Waals surface area contributed by atoms with Crippen LogP contribution < -0.4 is 0 Å². The van der Waals surface area contributed by atoms with Gasteiger partial charge in [-0.2, -0.15) is 0 Å². The molecule has 0 aliphatic carbocycles. The number of hydrogen-bond acceptors (Lipinski definition) is 7. The molecular weight excluding hydrogens is 338 g/mol. The molecule has 1 aliphatic rings. The lowest BCUT2D eigenvalue weighted by molar-refractivity contribution is -0.245. The predicted molar refractivity (Wildman–Crippen MR) is 90.9 cm³/mol. The van der Waals surface area contributed by atoms with E-state index in [-0.39, 0.29) is 6.10 Å². The average Bonchev–Trinajstić information content (AvgIpc) is 3.08. The van der Waals surface area contributed by atoms with Crippen molar-refractivity contribution >= 4 is 0 Å². The summed E-state index contributed by atoms with van der Waals surface area (Å²) in [5.74, 6) is 0.586. The summed E-state index contributed by atoms with van der Waals surface area (Å²) < 4.78 is 19.2. The van der Waals surface area contributed by atoms with Gasteiger partial charge in [-0.05, 0) is 35.4 Å². The van der Waals surface area contributed by atoms with Crippen LogP contribution in [0.25, 0.3) is 10.4 Å². The number of aromatic nitrogens is 4. The van der Waals surface area contributed by atoms with Gasteiger partial charge in [0.25, 0.3) is 0 Å². The van der Waals surface area contributed by atoms with E-state index in [0.717, 1.165) is 5.56 Å². The van der Waals surface area contributed by atoms with Crippen molar-refractivity contribution in [3.8, 4) is 0 Å². The van der Waals surface area contributed by atoms with Gasteiger partial charge in [-0.15, -0.1) is 5.10 Å². The number of ether oxygens (including phenoxy) is 3. The minimum atomic E-state index is -0.641. The second-order valence-corrected chi connectivity index (χ2v) is 6.06. The summed E-state index contributed by atoms with van der Waals surface area (Å²) >= 11 is 0. The standard InChI is InChI=1S/C16H21N7O3/c1-10-13(19-20-17)15(25-9-12-7-5-4-6-8-12)14(16(24-3)26-10)23-11(2)18-21-22-23/h4-8,10,13-16H,9H2,1-3H3/t10-,13+,14-,15+,16-/m1/s1. The molecule has 0 spiro atoms. The van der Waals surface area contributed by atoms with Gasteiger partial charge in [0, 0.05) is 12.0 Å². The number of benzene rings is 1. The van der Waals surface area contributed by atoms with Gasteiger partial charge >= 0.3 is 0 Å². The summed E-state index contributed by atoms with van der Waals surface area (Å²) in [6.07, 6.45) is -1.55. The van der Waals surface area contributed by atoms with Crippen molar-refractivity contribution in [1.82, 2.24) is 20.2 Å². The van der Waals surface area contributed by atoms with E-state index in [1.165, 1.54) is 0 Å². The van der Waals surface area contributed by atoms with Crippen LogP contribution in [0, 0.1) is 6.92 Å². The first kappa shape index (κ1) is 18.3. The van der Waals surface area contributed by atoms with Crippen molar-refractivity contribution in [3.05, 3.63) is 52.2 Å². The van der Waals surface area contributed by atoms with Gasteiger partial charge in [0.1, 0.15) is 11.9 Å². The van der Waals surface area contributed by atoms with Crippen LogP contribution in [0.4, 0.5) is 0 Å². The molecule has 26 heavy (non-hydrogen) atoms. The number of methoxy groups -OCH3 is 1. The molecule has 0 radical (unpaired) electrons. The molecule has 0 N–H and O–H groups in total. The Morgan fingerprint density at radius 2 is 2.12 bits per heavy atom.